The number of nitrogens with one attached hydrogen (secondary N) is 2. The summed E-state index contributed by atoms with van der Waals surface area (Å²) in [6.45, 7) is 5.47. The molecule has 2 N–H and O–H groups in total. The first kappa shape index (κ1) is 23.9. The molecule has 2 aromatic carbocycles. The molecule has 4 rings (SSSR count). The Kier molecular flexibility index (Phi) is 8.61. The Morgan fingerprint density at radius 2 is 1.91 bits per heavy atom. The van der Waals surface area contributed by atoms with Gasteiger partial charge in [-0.05, 0) is 61.6 Å². The molecule has 3 aromatic rings. The fourth-order valence-electron chi connectivity index (χ4n) is 3.70. The van der Waals surface area contributed by atoms with Crippen LogP contribution in [0, 0.1) is 0 Å². The molecule has 0 saturated carbocycles. The van der Waals surface area contributed by atoms with Gasteiger partial charge >= 0.3 is 0 Å². The van der Waals surface area contributed by atoms with E-state index in [9.17, 15) is 0 Å². The van der Waals surface area contributed by atoms with Crippen molar-refractivity contribution in [3.8, 4) is 22.7 Å². The molecule has 1 fully saturated rings. The minimum absolute atomic E-state index is 0.500. The second-order valence-electron chi connectivity index (χ2n) is 7.88. The molecule has 0 amide bonds. The van der Waals surface area contributed by atoms with Crippen LogP contribution in [0.1, 0.15) is 12.0 Å². The maximum absolute atomic E-state index is 5.38. The minimum atomic E-state index is 0.500. The number of benzene rings is 2. The molecular weight excluding hydrogens is 448 g/mol. The van der Waals surface area contributed by atoms with Gasteiger partial charge in [-0.25, -0.2) is 4.68 Å². The van der Waals surface area contributed by atoms with Crippen LogP contribution in [-0.2, 0) is 4.74 Å². The van der Waals surface area contributed by atoms with Crippen molar-refractivity contribution >= 4 is 23.5 Å². The van der Waals surface area contributed by atoms with Crippen LogP contribution >= 0.6 is 12.2 Å². The van der Waals surface area contributed by atoms with Crippen molar-refractivity contribution < 1.29 is 9.47 Å². The zero-order valence-corrected chi connectivity index (χ0v) is 20.1. The first-order valence-electron chi connectivity index (χ1n) is 11.4. The van der Waals surface area contributed by atoms with Crippen LogP contribution in [-0.4, -0.2) is 72.5 Å². The smallest absolute Gasteiger partial charge is 0.186 e. The molecule has 0 spiro atoms. The highest BCUT2D eigenvalue weighted by Gasteiger charge is 2.12. The Morgan fingerprint density at radius 1 is 1.15 bits per heavy atom. The van der Waals surface area contributed by atoms with E-state index in [1.165, 1.54) is 0 Å². The minimum Gasteiger partial charge on any atom is -0.497 e. The molecule has 1 aromatic heterocycles. The summed E-state index contributed by atoms with van der Waals surface area (Å²) in [5, 5.41) is 12.9. The van der Waals surface area contributed by atoms with E-state index in [-0.39, 0.29) is 0 Å². The summed E-state index contributed by atoms with van der Waals surface area (Å²) < 4.78 is 12.5. The topological polar surface area (TPSA) is 75.9 Å². The Bertz CT molecular complexity index is 1080. The number of aromatic nitrogens is 2. The predicted octanol–water partition coefficient (Wildman–Crippen LogP) is 3.07. The Balaban J connectivity index is 1.38. The molecule has 1 aliphatic heterocycles. The van der Waals surface area contributed by atoms with Crippen LogP contribution < -0.4 is 15.5 Å². The zero-order valence-electron chi connectivity index (χ0n) is 19.3. The van der Waals surface area contributed by atoms with Gasteiger partial charge in [0.15, 0.2) is 5.11 Å². The monoisotopic (exact) mass is 478 g/mol. The molecule has 2 heterocycles. The van der Waals surface area contributed by atoms with Crippen LogP contribution in [0.3, 0.4) is 0 Å². The quantitative estimate of drug-likeness (QED) is 0.212. The highest BCUT2D eigenvalue weighted by atomic mass is 32.1. The van der Waals surface area contributed by atoms with E-state index < -0.39 is 0 Å². The second-order valence-corrected chi connectivity index (χ2v) is 8.28. The van der Waals surface area contributed by atoms with Gasteiger partial charge in [0.1, 0.15) is 11.4 Å². The van der Waals surface area contributed by atoms with Gasteiger partial charge in [0.2, 0.25) is 0 Å². The number of hydrogen-bond acceptors (Lipinski definition) is 6. The first-order valence-corrected chi connectivity index (χ1v) is 11.8. The Hall–Kier alpha value is -3.27. The lowest BCUT2D eigenvalue weighted by Gasteiger charge is -2.26. The van der Waals surface area contributed by atoms with Gasteiger partial charge in [-0.15, -0.1) is 0 Å². The highest BCUT2D eigenvalue weighted by Crippen LogP contribution is 2.25. The van der Waals surface area contributed by atoms with E-state index in [4.69, 9.17) is 26.8 Å². The summed E-state index contributed by atoms with van der Waals surface area (Å²) in [5.41, 5.74) is 6.55. The maximum atomic E-state index is 5.38. The first-order chi connectivity index (χ1) is 16.7. The van der Waals surface area contributed by atoms with Crippen LogP contribution in [0.4, 0.5) is 0 Å². The number of methoxy groups -OCH3 is 1. The molecule has 0 unspecified atom stereocenters. The molecule has 8 nitrogen and oxygen atoms in total. The van der Waals surface area contributed by atoms with Gasteiger partial charge in [0.05, 0.1) is 32.2 Å². The largest absolute Gasteiger partial charge is 0.497 e. The average molecular weight is 479 g/mol. The number of ether oxygens (including phenoxy) is 2. The van der Waals surface area contributed by atoms with E-state index >= 15 is 0 Å². The Labute approximate surface area is 205 Å². The third-order valence-electron chi connectivity index (χ3n) is 5.54. The third kappa shape index (κ3) is 6.63. The van der Waals surface area contributed by atoms with Gasteiger partial charge in [0.25, 0.3) is 0 Å². The molecular formula is C25H30N6O2S. The molecule has 178 valence electrons. The van der Waals surface area contributed by atoms with Gasteiger partial charge < -0.3 is 14.8 Å². The molecule has 0 aliphatic carbocycles. The lowest BCUT2D eigenvalue weighted by Crippen LogP contribution is -2.39. The Morgan fingerprint density at radius 3 is 2.65 bits per heavy atom. The summed E-state index contributed by atoms with van der Waals surface area (Å²) in [4.78, 5) is 2.41. The fourth-order valence-corrected chi connectivity index (χ4v) is 3.85. The SMILES string of the molecule is COc1ccc(-c2nn(-c3ccccc3)cc2/C=N/NC(=S)NCCCN2CCOCC2)cc1. The van der Waals surface area contributed by atoms with Crippen LogP contribution in [0.15, 0.2) is 65.9 Å². The van der Waals surface area contributed by atoms with Crippen molar-refractivity contribution in [3.05, 3.63) is 66.4 Å². The number of para-hydroxylation sites is 1. The molecule has 1 saturated heterocycles. The number of rotatable bonds is 9. The van der Waals surface area contributed by atoms with E-state index in [2.05, 4.69) is 20.7 Å². The van der Waals surface area contributed by atoms with Crippen molar-refractivity contribution in [3.63, 3.8) is 0 Å². The highest BCUT2D eigenvalue weighted by molar-refractivity contribution is 7.80. The number of hydrogen-bond donors (Lipinski definition) is 2. The van der Waals surface area contributed by atoms with Crippen molar-refractivity contribution in [1.29, 1.82) is 0 Å². The second kappa shape index (κ2) is 12.3. The summed E-state index contributed by atoms with van der Waals surface area (Å²) in [6.07, 6.45) is 4.71. The van der Waals surface area contributed by atoms with Crippen LogP contribution in [0.2, 0.25) is 0 Å². The lowest BCUT2D eigenvalue weighted by atomic mass is 10.1. The number of thiocarbonyl (C=S) groups is 1. The molecule has 1 aliphatic rings. The summed E-state index contributed by atoms with van der Waals surface area (Å²) >= 11 is 5.37. The average Bonchev–Trinajstić information content (AvgIpc) is 3.32. The predicted molar refractivity (Wildman–Crippen MR) is 139 cm³/mol. The normalized spacial score (nSPS) is 14.3. The van der Waals surface area contributed by atoms with Gasteiger partial charge in [-0.1, -0.05) is 18.2 Å². The van der Waals surface area contributed by atoms with E-state index in [0.717, 1.165) is 74.1 Å². The maximum Gasteiger partial charge on any atom is 0.186 e. The third-order valence-corrected chi connectivity index (χ3v) is 5.77. The molecule has 34 heavy (non-hydrogen) atoms. The lowest BCUT2D eigenvalue weighted by molar-refractivity contribution is 0.0376. The van der Waals surface area contributed by atoms with Crippen molar-refractivity contribution in [2.24, 2.45) is 5.10 Å². The van der Waals surface area contributed by atoms with Crippen molar-refractivity contribution in [2.45, 2.75) is 6.42 Å². The number of nitrogens with zero attached hydrogens (tertiary/aromatic N) is 4. The van der Waals surface area contributed by atoms with Crippen molar-refractivity contribution in [1.82, 2.24) is 25.4 Å². The molecule has 0 radical (unpaired) electrons. The van der Waals surface area contributed by atoms with Crippen LogP contribution in [0.5, 0.6) is 5.75 Å². The van der Waals surface area contributed by atoms with Gasteiger partial charge in [0, 0.05) is 37.0 Å². The number of hydrazone groups is 1. The fraction of sp³-hybridized carbons (Fsp3) is 0.320. The van der Waals surface area contributed by atoms with Crippen LogP contribution in [0.25, 0.3) is 16.9 Å². The molecule has 0 atom stereocenters. The van der Waals surface area contributed by atoms with E-state index in [1.807, 2.05) is 65.5 Å². The zero-order chi connectivity index (χ0) is 23.6. The summed E-state index contributed by atoms with van der Waals surface area (Å²) in [7, 11) is 1.66. The van der Waals surface area contributed by atoms with Crippen molar-refractivity contribution in [2.75, 3.05) is 46.5 Å². The van der Waals surface area contributed by atoms with Gasteiger partial charge in [-0.3, -0.25) is 10.3 Å². The molecule has 0 bridgehead atoms. The van der Waals surface area contributed by atoms with Gasteiger partial charge in [-0.2, -0.15) is 10.2 Å². The summed E-state index contributed by atoms with van der Waals surface area (Å²) in [6, 6.07) is 17.8. The van der Waals surface area contributed by atoms with E-state index in [0.29, 0.717) is 5.11 Å². The summed E-state index contributed by atoms with van der Waals surface area (Å²) in [5.74, 6) is 0.799. The molecule has 9 heteroatoms. The standard InChI is InChI=1S/C25H30N6O2S/c1-32-23-10-8-20(9-11-23)24-21(19-31(29-24)22-6-3-2-4-7-22)18-27-28-25(34)26-12-5-13-30-14-16-33-17-15-30/h2-4,6-11,18-19H,5,12-17H2,1H3,(H2,26,28,34)/b27-18+. The van der Waals surface area contributed by atoms with E-state index in [1.54, 1.807) is 13.3 Å². The number of morpholine rings is 1.